The highest BCUT2D eigenvalue weighted by Gasteiger charge is 2.43. The lowest BCUT2D eigenvalue weighted by molar-refractivity contribution is -0.133. The van der Waals surface area contributed by atoms with Crippen molar-refractivity contribution in [3.8, 4) is 5.75 Å². The topological polar surface area (TPSA) is 41.9 Å². The van der Waals surface area contributed by atoms with E-state index in [0.29, 0.717) is 6.42 Å². The maximum absolute atomic E-state index is 13.8. The van der Waals surface area contributed by atoms with E-state index in [0.717, 1.165) is 35.4 Å². The Balaban J connectivity index is 1.82. The van der Waals surface area contributed by atoms with Crippen LogP contribution < -0.4 is 4.74 Å². The Bertz CT molecular complexity index is 893. The number of halogens is 1. The van der Waals surface area contributed by atoms with Crippen LogP contribution in [0.1, 0.15) is 42.5 Å². The normalized spacial score (nSPS) is 21.0. The molecule has 1 amide bonds. The Labute approximate surface area is 152 Å². The number of carbonyl (C=O) groups is 1. The van der Waals surface area contributed by atoms with Crippen LogP contribution in [0.2, 0.25) is 0 Å². The highest BCUT2D eigenvalue weighted by atomic mass is 19.1. The van der Waals surface area contributed by atoms with Gasteiger partial charge in [-0.25, -0.2) is 9.40 Å². The number of hydrazone groups is 1. The number of ether oxygens (including phenoxy) is 1. The van der Waals surface area contributed by atoms with E-state index in [-0.39, 0.29) is 23.7 Å². The third kappa shape index (κ3) is 2.68. The second-order valence-electron chi connectivity index (χ2n) is 6.75. The van der Waals surface area contributed by atoms with E-state index in [1.807, 2.05) is 25.1 Å². The van der Waals surface area contributed by atoms with Gasteiger partial charge in [0.15, 0.2) is 0 Å². The predicted octanol–water partition coefficient (Wildman–Crippen LogP) is 4.09. The van der Waals surface area contributed by atoms with Gasteiger partial charge in [-0.3, -0.25) is 4.79 Å². The van der Waals surface area contributed by atoms with Crippen molar-refractivity contribution in [2.45, 2.75) is 32.2 Å². The molecule has 26 heavy (non-hydrogen) atoms. The zero-order chi connectivity index (χ0) is 18.3. The van der Waals surface area contributed by atoms with E-state index in [4.69, 9.17) is 9.84 Å². The van der Waals surface area contributed by atoms with Crippen molar-refractivity contribution in [3.63, 3.8) is 0 Å². The molecule has 4 nitrogen and oxygen atoms in total. The quantitative estimate of drug-likeness (QED) is 0.835. The minimum Gasteiger partial charge on any atom is -0.497 e. The van der Waals surface area contributed by atoms with E-state index in [1.165, 1.54) is 17.7 Å². The van der Waals surface area contributed by atoms with Crippen LogP contribution in [-0.2, 0) is 11.2 Å². The first kappa shape index (κ1) is 16.8. The van der Waals surface area contributed by atoms with Gasteiger partial charge in [-0.1, -0.05) is 25.1 Å². The minimum absolute atomic E-state index is 0.0504. The molecule has 2 atom stereocenters. The maximum atomic E-state index is 13.8. The van der Waals surface area contributed by atoms with Crippen LogP contribution in [0.4, 0.5) is 4.39 Å². The maximum Gasteiger partial charge on any atom is 0.242 e. The van der Waals surface area contributed by atoms with Crippen molar-refractivity contribution in [3.05, 3.63) is 65.0 Å². The molecule has 0 fully saturated rings. The van der Waals surface area contributed by atoms with E-state index in [1.54, 1.807) is 18.2 Å². The summed E-state index contributed by atoms with van der Waals surface area (Å²) in [4.78, 5) is 12.6. The van der Waals surface area contributed by atoms with Crippen LogP contribution in [0.3, 0.4) is 0 Å². The summed E-state index contributed by atoms with van der Waals surface area (Å²) in [5.41, 5.74) is 3.95. The van der Waals surface area contributed by atoms with Gasteiger partial charge in [0.25, 0.3) is 0 Å². The summed E-state index contributed by atoms with van der Waals surface area (Å²) < 4.78 is 19.2. The molecule has 0 unspecified atom stereocenters. The van der Waals surface area contributed by atoms with Gasteiger partial charge in [0.1, 0.15) is 11.6 Å². The summed E-state index contributed by atoms with van der Waals surface area (Å²) in [5.74, 6) is 0.491. The zero-order valence-corrected chi connectivity index (χ0v) is 14.9. The van der Waals surface area contributed by atoms with Gasteiger partial charge in [-0.2, -0.15) is 5.10 Å². The molecular weight excluding hydrogens is 331 g/mol. The van der Waals surface area contributed by atoms with Crippen molar-refractivity contribution in [1.82, 2.24) is 5.01 Å². The Kier molecular flexibility index (Phi) is 4.23. The van der Waals surface area contributed by atoms with Crippen LogP contribution >= 0.6 is 0 Å². The summed E-state index contributed by atoms with van der Waals surface area (Å²) in [6.07, 6.45) is 2.15. The lowest BCUT2D eigenvalue weighted by Crippen LogP contribution is -2.32. The van der Waals surface area contributed by atoms with Gasteiger partial charge in [0, 0.05) is 17.9 Å². The highest BCUT2D eigenvalue weighted by molar-refractivity contribution is 6.07. The third-order valence-corrected chi connectivity index (χ3v) is 5.28. The van der Waals surface area contributed by atoms with Crippen LogP contribution in [0.25, 0.3) is 0 Å². The minimum atomic E-state index is -0.294. The number of amides is 1. The summed E-state index contributed by atoms with van der Waals surface area (Å²) in [5, 5.41) is 6.27. The molecule has 0 saturated carbocycles. The molecule has 0 aromatic heterocycles. The monoisotopic (exact) mass is 352 g/mol. The SMILES string of the molecule is CCC(=O)N1N=C2c3cc(OC)ccc3CC[C@H]2[C@@H]1c1cccc(F)c1. The second-order valence-corrected chi connectivity index (χ2v) is 6.75. The Morgan fingerprint density at radius 3 is 2.88 bits per heavy atom. The van der Waals surface area contributed by atoms with Crippen molar-refractivity contribution in [2.24, 2.45) is 11.0 Å². The second kappa shape index (κ2) is 6.56. The Hall–Kier alpha value is -2.69. The summed E-state index contributed by atoms with van der Waals surface area (Å²) >= 11 is 0. The summed E-state index contributed by atoms with van der Waals surface area (Å²) in [7, 11) is 1.64. The van der Waals surface area contributed by atoms with Crippen LogP contribution in [0, 0.1) is 11.7 Å². The number of hydrogen-bond donors (Lipinski definition) is 0. The average Bonchev–Trinajstić information content (AvgIpc) is 3.07. The summed E-state index contributed by atoms with van der Waals surface area (Å²) in [6.45, 7) is 1.82. The van der Waals surface area contributed by atoms with Gasteiger partial charge in [-0.15, -0.1) is 0 Å². The molecule has 1 aliphatic carbocycles. The number of rotatable bonds is 3. The van der Waals surface area contributed by atoms with E-state index < -0.39 is 0 Å². The molecule has 0 radical (unpaired) electrons. The average molecular weight is 352 g/mol. The zero-order valence-electron chi connectivity index (χ0n) is 14.9. The molecule has 0 bridgehead atoms. The third-order valence-electron chi connectivity index (χ3n) is 5.28. The van der Waals surface area contributed by atoms with Crippen molar-refractivity contribution >= 4 is 11.6 Å². The fraction of sp³-hybridized carbons (Fsp3) is 0.333. The standard InChI is InChI=1S/C21H21FN2O2/c1-3-19(25)24-21(14-5-4-6-15(22)11-14)17-10-8-13-7-9-16(26-2)12-18(13)20(17)23-24/h4-7,9,11-12,17,21H,3,8,10H2,1-2H3/t17-,21+/m1/s1. The molecule has 1 heterocycles. The molecule has 1 aliphatic heterocycles. The van der Waals surface area contributed by atoms with E-state index in [9.17, 15) is 9.18 Å². The number of aryl methyl sites for hydroxylation is 1. The first-order chi connectivity index (χ1) is 12.6. The molecule has 0 spiro atoms. The molecule has 134 valence electrons. The van der Waals surface area contributed by atoms with Crippen molar-refractivity contribution in [2.75, 3.05) is 7.11 Å². The van der Waals surface area contributed by atoms with Crippen LogP contribution in [0.15, 0.2) is 47.6 Å². The van der Waals surface area contributed by atoms with Crippen LogP contribution in [0.5, 0.6) is 5.75 Å². The molecule has 5 heteroatoms. The summed E-state index contributed by atoms with van der Waals surface area (Å²) in [6, 6.07) is 12.3. The van der Waals surface area contributed by atoms with Gasteiger partial charge < -0.3 is 4.74 Å². The number of nitrogens with zero attached hydrogens (tertiary/aromatic N) is 2. The molecular formula is C21H21FN2O2. The largest absolute Gasteiger partial charge is 0.497 e. The molecule has 2 aliphatic rings. The predicted molar refractivity (Wildman–Crippen MR) is 97.6 cm³/mol. The van der Waals surface area contributed by atoms with Crippen LogP contribution in [-0.4, -0.2) is 23.7 Å². The number of fused-ring (bicyclic) bond motifs is 3. The number of hydrogen-bond acceptors (Lipinski definition) is 3. The highest BCUT2D eigenvalue weighted by Crippen LogP contribution is 2.44. The van der Waals surface area contributed by atoms with Crippen molar-refractivity contribution in [1.29, 1.82) is 0 Å². The van der Waals surface area contributed by atoms with Crippen molar-refractivity contribution < 1.29 is 13.9 Å². The molecule has 0 saturated heterocycles. The number of carbonyl (C=O) groups excluding carboxylic acids is 1. The van der Waals surface area contributed by atoms with E-state index >= 15 is 0 Å². The molecule has 2 aromatic rings. The first-order valence-corrected chi connectivity index (χ1v) is 8.95. The van der Waals surface area contributed by atoms with E-state index in [2.05, 4.69) is 6.07 Å². The Morgan fingerprint density at radius 2 is 2.15 bits per heavy atom. The van der Waals surface area contributed by atoms with Gasteiger partial charge in [0.05, 0.1) is 18.9 Å². The number of methoxy groups -OCH3 is 1. The first-order valence-electron chi connectivity index (χ1n) is 8.95. The van der Waals surface area contributed by atoms with Gasteiger partial charge >= 0.3 is 0 Å². The lowest BCUT2D eigenvalue weighted by Gasteiger charge is -2.29. The lowest BCUT2D eigenvalue weighted by atomic mass is 9.77. The van der Waals surface area contributed by atoms with Gasteiger partial charge in [-0.05, 0) is 48.2 Å². The molecule has 4 rings (SSSR count). The fourth-order valence-electron chi connectivity index (χ4n) is 4.01. The fourth-order valence-corrected chi connectivity index (χ4v) is 4.01. The number of benzene rings is 2. The van der Waals surface area contributed by atoms with Gasteiger partial charge in [0.2, 0.25) is 5.91 Å². The molecule has 2 aromatic carbocycles. The Morgan fingerprint density at radius 1 is 1.31 bits per heavy atom. The smallest absolute Gasteiger partial charge is 0.242 e. The molecule has 0 N–H and O–H groups in total.